The van der Waals surface area contributed by atoms with Gasteiger partial charge in [0, 0.05) is 24.3 Å². The number of aryl methyl sites for hydroxylation is 6. The molecule has 0 atom stereocenters. The number of nitriles is 1. The number of anilines is 1. The number of morpholine rings is 1. The van der Waals surface area contributed by atoms with Crippen molar-refractivity contribution >= 4 is 60.6 Å². The van der Waals surface area contributed by atoms with Crippen LogP contribution in [0.15, 0.2) is 102 Å². The van der Waals surface area contributed by atoms with Crippen molar-refractivity contribution in [1.82, 2.24) is 0 Å². The molecule has 0 amide bonds. The molecule has 5 aromatic rings. The van der Waals surface area contributed by atoms with Gasteiger partial charge in [-0.2, -0.15) is 5.26 Å². The maximum atomic E-state index is 12.5. The standard InChI is InChI=1S/C23H37NO3S.C22H33NO3S.C22H36O5S.C21H32O4S.C20H29NO2S/c1-23(2,3)28(25,26)18-21-11-8-19(9-12-21)7-10-20-5-4-6-22(17-20)24-13-15-27-16-14-24;1-22(2,3)27(25,26)15-18-8-5-16(6-9-18)4-7-17-10-12-20-19(14-17)11-13-21(20)23-24;1-22(2,3)28(23,24)15-17-10-7-16(8-11-17)9-12-18-13-19(25-4)21(27-6)20(14-18)26-5;1-21(2,3)26(22,23)15-18-8-5-16(6-9-18)4-7-17-10-11-19-20(14-17)25-13-12-24-19;1-20(2,3)24(22,23)15-19-12-8-17(9-13-19)5-4-16-6-10-18(14-21)11-7-16/h4-6,17,19,21H,7-16,18H2,1-3H3;10,12,14,16,18,24H,4-9,11,13,15H2,1-3H3;13-14,16-17H,7-12,15H2,1-6H3;10-11,14,16,18H,4-9,12-13,15H2,1-3H3;6-7,10-11,17,19H,4-5,8-9,12-13,15H2,1-3H3. The van der Waals surface area contributed by atoms with Gasteiger partial charge in [0.1, 0.15) is 13.2 Å². The number of nitrogens with zero attached hydrogens (tertiary/aromatic N) is 3. The Kier molecular flexibility index (Phi) is 40.9. The van der Waals surface area contributed by atoms with Crippen LogP contribution in [0.4, 0.5) is 5.69 Å². The van der Waals surface area contributed by atoms with Crippen molar-refractivity contribution in [3.63, 3.8) is 0 Å². The Labute approximate surface area is 804 Å². The third-order valence-electron chi connectivity index (χ3n) is 29.9. The van der Waals surface area contributed by atoms with E-state index in [1.54, 1.807) is 104 Å². The summed E-state index contributed by atoms with van der Waals surface area (Å²) in [4.78, 5) is 2.41. The zero-order chi connectivity index (χ0) is 97.4. The molecule has 2 aliphatic heterocycles. The van der Waals surface area contributed by atoms with Gasteiger partial charge in [-0.05, 0) is 386 Å². The summed E-state index contributed by atoms with van der Waals surface area (Å²) in [7, 11) is -10.2. The number of fused-ring (bicyclic) bond motifs is 2. The summed E-state index contributed by atoms with van der Waals surface area (Å²) >= 11 is 0. The molecule has 6 fully saturated rings. The van der Waals surface area contributed by atoms with Crippen molar-refractivity contribution in [2.45, 2.75) is 333 Å². The Bertz CT molecular complexity index is 5110. The van der Waals surface area contributed by atoms with Crippen molar-refractivity contribution in [2.75, 3.05) is 94.5 Å². The van der Waals surface area contributed by atoms with E-state index in [0.717, 1.165) is 228 Å². The second kappa shape index (κ2) is 49.4. The lowest BCUT2D eigenvalue weighted by atomic mass is 9.80. The fourth-order valence-electron chi connectivity index (χ4n) is 19.9. The normalized spacial score (nSPS) is 23.1. The van der Waals surface area contributed by atoms with E-state index >= 15 is 0 Å². The van der Waals surface area contributed by atoms with Crippen LogP contribution in [-0.4, -0.2) is 166 Å². The van der Waals surface area contributed by atoms with Crippen LogP contribution in [0.1, 0.15) is 315 Å². The first-order chi connectivity index (χ1) is 62.5. The second-order valence-electron chi connectivity index (χ2n) is 44.7. The summed E-state index contributed by atoms with van der Waals surface area (Å²) in [6.07, 6.45) is 34.7. The monoisotopic (exact) mass is 1940 g/mol. The molecule has 5 saturated carbocycles. The van der Waals surface area contributed by atoms with Gasteiger partial charge in [0.05, 0.1) is 104 Å². The fraction of sp³-hybridized carbons (Fsp3) is 0.704. The van der Waals surface area contributed by atoms with Crippen LogP contribution >= 0.6 is 0 Å². The Balaban J connectivity index is 0.000000187. The molecule has 2 heterocycles. The van der Waals surface area contributed by atoms with Gasteiger partial charge >= 0.3 is 0 Å². The number of ether oxygens (including phenoxy) is 6. The van der Waals surface area contributed by atoms with E-state index in [1.807, 2.05) is 63.2 Å². The number of methoxy groups -OCH3 is 3. The summed E-state index contributed by atoms with van der Waals surface area (Å²) in [5, 5.41) is 21.3. The van der Waals surface area contributed by atoms with E-state index in [0.29, 0.717) is 118 Å². The largest absolute Gasteiger partial charge is 0.493 e. The molecule has 6 aliphatic carbocycles. The molecule has 0 aromatic heterocycles. The first-order valence-corrected chi connectivity index (χ1v) is 58.3. The second-order valence-corrected chi connectivity index (χ2v) is 58.7. The lowest BCUT2D eigenvalue weighted by molar-refractivity contribution is 0.122. The molecular weight excluding hydrogens is 1770 g/mol. The van der Waals surface area contributed by atoms with Gasteiger partial charge in [-0.1, -0.05) is 118 Å². The van der Waals surface area contributed by atoms with E-state index in [-0.39, 0.29) is 0 Å². The number of sulfone groups is 5. The maximum Gasteiger partial charge on any atom is 0.203 e. The summed E-state index contributed by atoms with van der Waals surface area (Å²) in [5.74, 6) is 10.6. The van der Waals surface area contributed by atoms with Gasteiger partial charge in [-0.3, -0.25) is 0 Å². The van der Waals surface area contributed by atoms with Crippen LogP contribution in [0.25, 0.3) is 0 Å². The van der Waals surface area contributed by atoms with E-state index in [9.17, 15) is 42.1 Å². The molecule has 133 heavy (non-hydrogen) atoms. The third kappa shape index (κ3) is 33.7. The number of hydrogen-bond donors (Lipinski definition) is 1. The van der Waals surface area contributed by atoms with Crippen LogP contribution in [0.3, 0.4) is 0 Å². The van der Waals surface area contributed by atoms with Gasteiger partial charge in [0.15, 0.2) is 72.2 Å². The van der Waals surface area contributed by atoms with Crippen LogP contribution in [0.2, 0.25) is 0 Å². The highest BCUT2D eigenvalue weighted by atomic mass is 32.2. The topological polar surface area (TPSA) is 286 Å². The lowest BCUT2D eigenvalue weighted by Crippen LogP contribution is -2.36. The highest BCUT2D eigenvalue weighted by Gasteiger charge is 2.40. The highest BCUT2D eigenvalue weighted by molar-refractivity contribution is 7.93. The third-order valence-corrected chi connectivity index (χ3v) is 43.8. The molecule has 746 valence electrons. The molecule has 1 saturated heterocycles. The first-order valence-electron chi connectivity index (χ1n) is 50.0. The SMILES string of the molecule is CC(C)(C)S(=O)(=O)CC1CCC(CCc2ccc(C#N)cc2)CC1.CC(C)(C)S(=O)(=O)CC1CCC(CCc2ccc3c(c2)CCC3=NO)CC1.CC(C)(C)S(=O)(=O)CC1CCC(CCc2ccc3c(c2)OCCO3)CC1.CC(C)(C)S(=O)(=O)CC1CCC(CCc2cccc(N3CCOCC3)c2)CC1.COc1cc(CCC2CCC(CS(=O)(=O)C(C)(C)C)CC2)cc(OC)c1OC. The lowest BCUT2D eigenvalue weighted by Gasteiger charge is -2.31. The Morgan fingerprint density at radius 1 is 0.368 bits per heavy atom. The van der Waals surface area contributed by atoms with Gasteiger partial charge in [0.25, 0.3) is 0 Å². The molecule has 0 unspecified atom stereocenters. The van der Waals surface area contributed by atoms with Gasteiger partial charge in [-0.15, -0.1) is 0 Å². The first kappa shape index (κ1) is 110. The summed E-state index contributed by atoms with van der Waals surface area (Å²) in [6.45, 7) is 31.9. The number of benzene rings is 5. The number of hydrogen-bond acceptors (Lipinski definition) is 20. The molecular formula is C108H167N3O17S5. The Morgan fingerprint density at radius 3 is 1.04 bits per heavy atom. The van der Waals surface area contributed by atoms with Gasteiger partial charge < -0.3 is 38.5 Å². The molecule has 5 aromatic carbocycles. The minimum Gasteiger partial charge on any atom is -0.493 e. The predicted octanol–water partition coefficient (Wildman–Crippen LogP) is 22.8. The number of rotatable bonds is 29. The van der Waals surface area contributed by atoms with Gasteiger partial charge in [-0.25, -0.2) is 42.1 Å². The number of oxime groups is 1. The predicted molar refractivity (Wildman–Crippen MR) is 544 cm³/mol. The van der Waals surface area contributed by atoms with Gasteiger partial charge in [0.2, 0.25) is 5.75 Å². The Hall–Kier alpha value is -6.43. The van der Waals surface area contributed by atoms with E-state index in [2.05, 4.69) is 70.7 Å². The minimum absolute atomic E-state index is 0.307. The molecule has 13 rings (SSSR count). The average molecular weight is 1940 g/mol. The van der Waals surface area contributed by atoms with Crippen molar-refractivity contribution in [3.8, 4) is 34.8 Å². The van der Waals surface area contributed by atoms with E-state index < -0.39 is 72.9 Å². The van der Waals surface area contributed by atoms with Crippen LogP contribution in [-0.2, 0) is 92.4 Å². The summed E-state index contributed by atoms with van der Waals surface area (Å²) in [6, 6.07) is 35.8. The zero-order valence-corrected chi connectivity index (χ0v) is 88.4. The minimum atomic E-state index is -3.03. The highest BCUT2D eigenvalue weighted by Crippen LogP contribution is 2.44. The van der Waals surface area contributed by atoms with E-state index in [4.69, 9.17) is 38.9 Å². The summed E-state index contributed by atoms with van der Waals surface area (Å²) < 4.78 is 154. The van der Waals surface area contributed by atoms with Crippen LogP contribution in [0, 0.1) is 70.5 Å². The average Bonchev–Trinajstić information content (AvgIpc) is 1.76. The maximum absolute atomic E-state index is 12.5. The van der Waals surface area contributed by atoms with E-state index in [1.165, 1.54) is 71.2 Å². The Morgan fingerprint density at radius 2 is 0.692 bits per heavy atom. The zero-order valence-electron chi connectivity index (χ0n) is 84.3. The summed E-state index contributed by atoms with van der Waals surface area (Å²) in [5.41, 5.74) is 11.8. The fourth-order valence-corrected chi connectivity index (χ4v) is 27.1. The quantitative estimate of drug-likeness (QED) is 0.0344. The van der Waals surface area contributed by atoms with Crippen molar-refractivity contribution in [1.29, 1.82) is 5.26 Å². The molecule has 20 nitrogen and oxygen atoms in total. The van der Waals surface area contributed by atoms with Crippen LogP contribution in [0.5, 0.6) is 28.7 Å². The van der Waals surface area contributed by atoms with Crippen molar-refractivity contribution < 1.29 is 75.7 Å². The van der Waals surface area contributed by atoms with Crippen LogP contribution < -0.4 is 28.6 Å². The molecule has 0 bridgehead atoms. The molecule has 25 heteroatoms. The molecule has 0 radical (unpaired) electrons. The molecule has 0 spiro atoms. The molecule has 1 N–H and O–H groups in total. The smallest absolute Gasteiger partial charge is 0.203 e. The van der Waals surface area contributed by atoms with Crippen molar-refractivity contribution in [3.05, 3.63) is 142 Å². The van der Waals surface area contributed by atoms with Crippen molar-refractivity contribution in [2.24, 2.45) is 64.3 Å². The molecule has 8 aliphatic rings.